The van der Waals surface area contributed by atoms with Crippen molar-refractivity contribution in [1.82, 2.24) is 24.7 Å². The first-order valence-corrected chi connectivity index (χ1v) is 14.8. The second-order valence-corrected chi connectivity index (χ2v) is 11.4. The first kappa shape index (κ1) is 26.2. The van der Waals surface area contributed by atoms with E-state index in [1.54, 1.807) is 13.8 Å². The van der Waals surface area contributed by atoms with Crippen LogP contribution in [0.1, 0.15) is 22.8 Å². The molecule has 0 saturated carbocycles. The monoisotopic (exact) mass is 639 g/mol. The smallest absolute Gasteiger partial charge is 0.270 e. The summed E-state index contributed by atoms with van der Waals surface area (Å²) < 4.78 is 14.4. The highest BCUT2D eigenvalue weighted by Gasteiger charge is 2.28. The van der Waals surface area contributed by atoms with Gasteiger partial charge in [-0.1, -0.05) is 93.9 Å². The molecular formula is C35H22BrN5O3. The number of aromatic nitrogens is 5. The van der Waals surface area contributed by atoms with Gasteiger partial charge in [0.05, 0.1) is 16.6 Å². The van der Waals surface area contributed by atoms with Gasteiger partial charge in [-0.25, -0.2) is 9.97 Å². The van der Waals surface area contributed by atoms with Crippen LogP contribution in [0.25, 0.3) is 62.2 Å². The summed E-state index contributed by atoms with van der Waals surface area (Å²) in [6, 6.07) is 27.5. The minimum Gasteiger partial charge on any atom is -0.438 e. The minimum absolute atomic E-state index is 0.254. The molecular weight excluding hydrogens is 618 g/mol. The first-order chi connectivity index (χ1) is 21.5. The highest BCUT2D eigenvalue weighted by atomic mass is 79.9. The third-order valence-electron chi connectivity index (χ3n) is 7.75. The molecule has 0 saturated heterocycles. The van der Waals surface area contributed by atoms with Crippen molar-refractivity contribution in [2.24, 2.45) is 0 Å². The summed E-state index contributed by atoms with van der Waals surface area (Å²) in [5.41, 5.74) is 5.82. The second kappa shape index (κ2) is 10.1. The SMILES string of the molecule is Cc1noc(/C=C/c2ccccc2)c1-n1c(C)nc2nc3c4c(cc(-c5ccccc5Br)nc4c2c1=O)-c1ccccc1O3. The maximum Gasteiger partial charge on any atom is 0.270 e. The molecule has 1 aliphatic rings. The van der Waals surface area contributed by atoms with Crippen molar-refractivity contribution < 1.29 is 9.26 Å². The Morgan fingerprint density at radius 3 is 2.36 bits per heavy atom. The number of benzene rings is 3. The largest absolute Gasteiger partial charge is 0.438 e. The van der Waals surface area contributed by atoms with E-state index in [1.165, 1.54) is 4.57 Å². The highest BCUT2D eigenvalue weighted by molar-refractivity contribution is 9.10. The van der Waals surface area contributed by atoms with E-state index >= 15 is 0 Å². The predicted octanol–water partition coefficient (Wildman–Crippen LogP) is 8.31. The Balaban J connectivity index is 1.45. The molecule has 0 bridgehead atoms. The lowest BCUT2D eigenvalue weighted by molar-refractivity contribution is 0.408. The van der Waals surface area contributed by atoms with E-state index in [4.69, 9.17) is 24.2 Å². The topological polar surface area (TPSA) is 95.9 Å². The fourth-order valence-corrected chi connectivity index (χ4v) is 6.22. The van der Waals surface area contributed by atoms with Gasteiger partial charge in [0.15, 0.2) is 11.4 Å². The third kappa shape index (κ3) is 4.08. The van der Waals surface area contributed by atoms with Gasteiger partial charge < -0.3 is 9.26 Å². The summed E-state index contributed by atoms with van der Waals surface area (Å²) in [7, 11) is 0. The zero-order valence-electron chi connectivity index (χ0n) is 23.6. The third-order valence-corrected chi connectivity index (χ3v) is 8.44. The van der Waals surface area contributed by atoms with E-state index in [1.807, 2.05) is 97.1 Å². The van der Waals surface area contributed by atoms with Gasteiger partial charge in [-0.05, 0) is 43.7 Å². The molecule has 8 rings (SSSR count). The maximum atomic E-state index is 14.6. The number of aryl methyl sites for hydroxylation is 2. The standard InChI is InChI=1S/C35H22BrN5O3/c1-19-32(28(44-40-19)17-16-21-10-4-3-5-11-21)41-20(2)37-33-30(35(41)42)31-29-24(18-26(38-31)23-13-6-8-14-25(23)36)22-12-7-9-15-27(22)43-34(29)39-33/h3-18H,1-2H3/b17-16+. The molecule has 1 aliphatic heterocycles. The van der Waals surface area contributed by atoms with E-state index < -0.39 is 0 Å². The van der Waals surface area contributed by atoms with Gasteiger partial charge >= 0.3 is 0 Å². The molecule has 0 atom stereocenters. The number of fused-ring (bicyclic) bond motifs is 4. The molecule has 0 radical (unpaired) electrons. The number of nitrogens with zero attached hydrogens (tertiary/aromatic N) is 5. The fraction of sp³-hybridized carbons (Fsp3) is 0.0571. The van der Waals surface area contributed by atoms with E-state index in [-0.39, 0.29) is 16.6 Å². The minimum atomic E-state index is -0.325. The molecule has 4 aromatic heterocycles. The molecule has 0 amide bonds. The summed E-state index contributed by atoms with van der Waals surface area (Å²) >= 11 is 3.68. The van der Waals surface area contributed by atoms with Crippen LogP contribution in [0.15, 0.2) is 98.7 Å². The van der Waals surface area contributed by atoms with Crippen molar-refractivity contribution in [2.75, 3.05) is 0 Å². The molecule has 44 heavy (non-hydrogen) atoms. The average Bonchev–Trinajstić information content (AvgIpc) is 3.39. The van der Waals surface area contributed by atoms with E-state index in [0.29, 0.717) is 51.2 Å². The van der Waals surface area contributed by atoms with Crippen LogP contribution in [0.5, 0.6) is 11.6 Å². The van der Waals surface area contributed by atoms with Crippen molar-refractivity contribution in [3.05, 3.63) is 123 Å². The van der Waals surface area contributed by atoms with Crippen molar-refractivity contribution in [3.63, 3.8) is 0 Å². The zero-order valence-corrected chi connectivity index (χ0v) is 25.2. The molecule has 8 nitrogen and oxygen atoms in total. The molecule has 212 valence electrons. The van der Waals surface area contributed by atoms with Crippen LogP contribution in [0, 0.1) is 13.8 Å². The number of pyridine rings is 2. The molecule has 0 spiro atoms. The Morgan fingerprint density at radius 1 is 0.795 bits per heavy atom. The Morgan fingerprint density at radius 2 is 1.55 bits per heavy atom. The quantitative estimate of drug-likeness (QED) is 0.179. The van der Waals surface area contributed by atoms with Gasteiger partial charge in [-0.15, -0.1) is 0 Å². The normalized spacial score (nSPS) is 12.2. The summed E-state index contributed by atoms with van der Waals surface area (Å²) in [5, 5.41) is 5.14. The van der Waals surface area contributed by atoms with E-state index in [9.17, 15) is 4.79 Å². The number of hydrogen-bond acceptors (Lipinski definition) is 7. The van der Waals surface area contributed by atoms with Crippen molar-refractivity contribution in [3.8, 4) is 39.7 Å². The molecule has 5 heterocycles. The molecule has 0 unspecified atom stereocenters. The highest BCUT2D eigenvalue weighted by Crippen LogP contribution is 2.47. The van der Waals surface area contributed by atoms with E-state index in [2.05, 4.69) is 21.1 Å². The molecule has 3 aromatic carbocycles. The van der Waals surface area contributed by atoms with Crippen LogP contribution < -0.4 is 10.3 Å². The summed E-state index contributed by atoms with van der Waals surface area (Å²) in [4.78, 5) is 29.3. The Bertz CT molecular complexity index is 2380. The van der Waals surface area contributed by atoms with Gasteiger partial charge in [0, 0.05) is 21.2 Å². The fourth-order valence-electron chi connectivity index (χ4n) is 5.73. The lowest BCUT2D eigenvalue weighted by Gasteiger charge is -2.22. The average molecular weight is 640 g/mol. The molecule has 0 N–H and O–H groups in total. The number of halogens is 1. The van der Waals surface area contributed by atoms with Crippen LogP contribution in [0.3, 0.4) is 0 Å². The van der Waals surface area contributed by atoms with Crippen LogP contribution in [0.2, 0.25) is 0 Å². The van der Waals surface area contributed by atoms with Gasteiger partial charge in [0.25, 0.3) is 5.56 Å². The Labute approximate surface area is 259 Å². The van der Waals surface area contributed by atoms with E-state index in [0.717, 1.165) is 26.7 Å². The molecule has 0 aliphatic carbocycles. The Kier molecular flexibility index (Phi) is 6.02. The van der Waals surface area contributed by atoms with Crippen molar-refractivity contribution in [1.29, 1.82) is 0 Å². The van der Waals surface area contributed by atoms with Crippen LogP contribution in [-0.2, 0) is 0 Å². The molecule has 7 aromatic rings. The van der Waals surface area contributed by atoms with Crippen LogP contribution in [-0.4, -0.2) is 24.7 Å². The summed E-state index contributed by atoms with van der Waals surface area (Å²) in [6.45, 7) is 3.57. The van der Waals surface area contributed by atoms with Crippen molar-refractivity contribution >= 4 is 50.0 Å². The number of para-hydroxylation sites is 1. The number of hydrogen-bond donors (Lipinski definition) is 0. The lowest BCUT2D eigenvalue weighted by atomic mass is 9.96. The van der Waals surface area contributed by atoms with Gasteiger partial charge in [0.2, 0.25) is 5.88 Å². The number of rotatable bonds is 4. The first-order valence-electron chi connectivity index (χ1n) is 14.0. The van der Waals surface area contributed by atoms with Gasteiger partial charge in [-0.3, -0.25) is 9.36 Å². The van der Waals surface area contributed by atoms with Crippen LogP contribution >= 0.6 is 15.9 Å². The molecule has 0 fully saturated rings. The molecule has 9 heteroatoms. The van der Waals surface area contributed by atoms with Gasteiger partial charge in [-0.2, -0.15) is 4.98 Å². The van der Waals surface area contributed by atoms with Gasteiger partial charge in [0.1, 0.15) is 28.3 Å². The van der Waals surface area contributed by atoms with Crippen molar-refractivity contribution in [2.45, 2.75) is 13.8 Å². The zero-order chi connectivity index (χ0) is 29.9. The maximum absolute atomic E-state index is 14.6. The van der Waals surface area contributed by atoms with Crippen LogP contribution in [0.4, 0.5) is 0 Å². The predicted molar refractivity (Wildman–Crippen MR) is 174 cm³/mol. The summed E-state index contributed by atoms with van der Waals surface area (Å²) in [5.74, 6) is 1.91. The lowest BCUT2D eigenvalue weighted by Crippen LogP contribution is -2.24. The number of ether oxygens (including phenoxy) is 1. The second-order valence-electron chi connectivity index (χ2n) is 10.5. The Hall–Kier alpha value is -5.41. The summed E-state index contributed by atoms with van der Waals surface area (Å²) in [6.07, 6.45) is 3.73.